The lowest BCUT2D eigenvalue weighted by atomic mass is 10.1. The first kappa shape index (κ1) is 33.0. The molecule has 2 heterocycles. The van der Waals surface area contributed by atoms with Crippen LogP contribution in [0.3, 0.4) is 0 Å². The Morgan fingerprint density at radius 3 is 1.81 bits per heavy atom. The predicted molar refractivity (Wildman–Crippen MR) is 177 cm³/mol. The number of hydrogen-bond donors (Lipinski definition) is 2. The number of likely N-dealkylation sites (tertiary alicyclic amines) is 2. The van der Waals surface area contributed by atoms with Gasteiger partial charge in [-0.25, -0.2) is 9.59 Å². The van der Waals surface area contributed by atoms with Crippen LogP contribution in [0, 0.1) is 7.14 Å². The molecule has 0 aromatic heterocycles. The zero-order chi connectivity index (χ0) is 31.5. The normalized spacial score (nSPS) is 18.3. The minimum Gasteiger partial charge on any atom is -0.465 e. The van der Waals surface area contributed by atoms with Crippen LogP contribution in [0.15, 0.2) is 36.4 Å². The third-order valence-electron chi connectivity index (χ3n) is 7.11. The summed E-state index contributed by atoms with van der Waals surface area (Å²) in [5, 5.41) is 5.66. The van der Waals surface area contributed by atoms with Gasteiger partial charge in [-0.05, 0) is 128 Å². The SMILES string of the molecule is COC(=O)c1cc(I)ccc1NC(=O)[C@H]1CCCN1C(=O)c1cc(I)ccc1NC(=O)[C@@H]1CCCN1C(=O)OC(C)(C)C. The highest BCUT2D eigenvalue weighted by molar-refractivity contribution is 14.1. The maximum atomic E-state index is 13.9. The van der Waals surface area contributed by atoms with Crippen molar-refractivity contribution in [1.82, 2.24) is 9.80 Å². The molecule has 2 aromatic carbocycles. The molecule has 2 N–H and O–H groups in total. The van der Waals surface area contributed by atoms with Gasteiger partial charge in [0.15, 0.2) is 0 Å². The number of hydrogen-bond acceptors (Lipinski definition) is 7. The molecule has 43 heavy (non-hydrogen) atoms. The molecule has 0 unspecified atom stereocenters. The van der Waals surface area contributed by atoms with E-state index in [2.05, 4.69) is 55.8 Å². The largest absolute Gasteiger partial charge is 0.465 e. The molecule has 0 spiro atoms. The van der Waals surface area contributed by atoms with Crippen LogP contribution in [0.2, 0.25) is 0 Å². The number of rotatable bonds is 6. The van der Waals surface area contributed by atoms with E-state index in [9.17, 15) is 24.0 Å². The molecule has 230 valence electrons. The van der Waals surface area contributed by atoms with Crippen LogP contribution in [-0.2, 0) is 19.1 Å². The highest BCUT2D eigenvalue weighted by Crippen LogP contribution is 2.29. The average Bonchev–Trinajstić information content (AvgIpc) is 3.64. The number of nitrogens with one attached hydrogen (secondary N) is 2. The Labute approximate surface area is 277 Å². The monoisotopic (exact) mass is 816 g/mol. The smallest absolute Gasteiger partial charge is 0.410 e. The van der Waals surface area contributed by atoms with E-state index < -0.39 is 47.5 Å². The van der Waals surface area contributed by atoms with Gasteiger partial charge < -0.3 is 25.0 Å². The highest BCUT2D eigenvalue weighted by atomic mass is 127. The summed E-state index contributed by atoms with van der Waals surface area (Å²) in [5.41, 5.74) is 0.350. The topological polar surface area (TPSA) is 134 Å². The van der Waals surface area contributed by atoms with Gasteiger partial charge in [-0.3, -0.25) is 19.3 Å². The van der Waals surface area contributed by atoms with Gasteiger partial charge in [0.05, 0.1) is 29.6 Å². The van der Waals surface area contributed by atoms with Gasteiger partial charge in [0.1, 0.15) is 17.7 Å². The molecular formula is C30H34I2N4O7. The Kier molecular flexibility index (Phi) is 10.6. The standard InChI is InChI=1S/C30H34I2N4O7/c1-30(2,3)43-29(41)36-14-6-8-24(36)26(38)33-21-11-9-17(31)15-19(21)27(39)35-13-5-7-23(35)25(37)34-22-12-10-18(32)16-20(22)28(40)42-4/h9-12,15-16,23-24H,5-8,13-14H2,1-4H3,(H,33,38)(H,34,37)/t23-,24+/m1/s1. The molecule has 2 aliphatic heterocycles. The van der Waals surface area contributed by atoms with Crippen LogP contribution in [0.25, 0.3) is 0 Å². The Bertz CT molecular complexity index is 1440. The number of benzene rings is 2. The molecule has 0 saturated carbocycles. The minimum atomic E-state index is -0.781. The van der Waals surface area contributed by atoms with Crippen molar-refractivity contribution in [2.75, 3.05) is 30.8 Å². The Morgan fingerprint density at radius 1 is 0.791 bits per heavy atom. The van der Waals surface area contributed by atoms with Gasteiger partial charge in [-0.15, -0.1) is 0 Å². The van der Waals surface area contributed by atoms with E-state index in [1.165, 1.54) is 16.9 Å². The molecule has 0 aliphatic carbocycles. The number of esters is 1. The fraction of sp³-hybridized carbons (Fsp3) is 0.433. The second-order valence-electron chi connectivity index (χ2n) is 11.3. The Morgan fingerprint density at radius 2 is 1.28 bits per heavy atom. The van der Waals surface area contributed by atoms with Crippen molar-refractivity contribution in [3.8, 4) is 0 Å². The highest BCUT2D eigenvalue weighted by Gasteiger charge is 2.39. The van der Waals surface area contributed by atoms with Gasteiger partial charge in [0.2, 0.25) is 11.8 Å². The summed E-state index contributed by atoms with van der Waals surface area (Å²) in [5.74, 6) is -1.83. The zero-order valence-corrected chi connectivity index (χ0v) is 28.7. The minimum absolute atomic E-state index is 0.216. The molecule has 2 aromatic rings. The van der Waals surface area contributed by atoms with Gasteiger partial charge in [0, 0.05) is 20.2 Å². The second kappa shape index (κ2) is 13.8. The van der Waals surface area contributed by atoms with Crippen LogP contribution < -0.4 is 10.6 Å². The molecule has 2 saturated heterocycles. The van der Waals surface area contributed by atoms with E-state index in [1.54, 1.807) is 57.2 Å². The summed E-state index contributed by atoms with van der Waals surface area (Å²) >= 11 is 4.16. The number of carbonyl (C=O) groups excluding carboxylic acids is 5. The summed E-state index contributed by atoms with van der Waals surface area (Å²) in [6.07, 6.45) is 1.61. The summed E-state index contributed by atoms with van der Waals surface area (Å²) in [6, 6.07) is 8.58. The van der Waals surface area contributed by atoms with Gasteiger partial charge in [0.25, 0.3) is 5.91 Å². The number of anilines is 2. The van der Waals surface area contributed by atoms with E-state index in [0.717, 1.165) is 7.14 Å². The fourth-order valence-electron chi connectivity index (χ4n) is 5.15. The third kappa shape index (κ3) is 7.96. The number of nitrogens with zero attached hydrogens (tertiary/aromatic N) is 2. The zero-order valence-electron chi connectivity index (χ0n) is 24.4. The average molecular weight is 816 g/mol. The molecule has 0 bridgehead atoms. The quantitative estimate of drug-likeness (QED) is 0.300. The molecule has 2 aliphatic rings. The van der Waals surface area contributed by atoms with E-state index in [0.29, 0.717) is 50.1 Å². The van der Waals surface area contributed by atoms with Crippen molar-refractivity contribution in [1.29, 1.82) is 0 Å². The lowest BCUT2D eigenvalue weighted by Gasteiger charge is -2.28. The molecule has 11 nitrogen and oxygen atoms in total. The summed E-state index contributed by atoms with van der Waals surface area (Å²) < 4.78 is 11.9. The fourth-order valence-corrected chi connectivity index (χ4v) is 6.14. The van der Waals surface area contributed by atoms with Crippen molar-refractivity contribution >= 4 is 86.3 Å². The van der Waals surface area contributed by atoms with Crippen molar-refractivity contribution in [3.63, 3.8) is 0 Å². The lowest BCUT2D eigenvalue weighted by Crippen LogP contribution is -2.46. The summed E-state index contributed by atoms with van der Waals surface area (Å²) in [4.78, 5) is 68.7. The second-order valence-corrected chi connectivity index (χ2v) is 13.8. The van der Waals surface area contributed by atoms with Crippen molar-refractivity contribution in [2.45, 2.75) is 64.1 Å². The first-order valence-corrected chi connectivity index (χ1v) is 16.0. The van der Waals surface area contributed by atoms with Crippen LogP contribution in [0.1, 0.15) is 67.2 Å². The Balaban J connectivity index is 1.53. The molecule has 13 heteroatoms. The maximum absolute atomic E-state index is 13.9. The van der Waals surface area contributed by atoms with E-state index in [1.807, 2.05) is 0 Å². The predicted octanol–water partition coefficient (Wildman–Crippen LogP) is 5.26. The first-order chi connectivity index (χ1) is 20.3. The number of ether oxygens (including phenoxy) is 2. The van der Waals surface area contributed by atoms with E-state index >= 15 is 0 Å². The van der Waals surface area contributed by atoms with Crippen LogP contribution in [0.5, 0.6) is 0 Å². The maximum Gasteiger partial charge on any atom is 0.410 e. The molecule has 0 radical (unpaired) electrons. The van der Waals surface area contributed by atoms with E-state index in [-0.39, 0.29) is 11.1 Å². The van der Waals surface area contributed by atoms with Gasteiger partial charge in [-0.1, -0.05) is 0 Å². The van der Waals surface area contributed by atoms with Gasteiger partial charge in [-0.2, -0.15) is 0 Å². The number of amides is 4. The molecule has 4 amide bonds. The molecule has 2 atom stereocenters. The summed E-state index contributed by atoms with van der Waals surface area (Å²) in [7, 11) is 1.27. The van der Waals surface area contributed by atoms with Crippen molar-refractivity contribution < 1.29 is 33.4 Å². The lowest BCUT2D eigenvalue weighted by molar-refractivity contribution is -0.120. The molecular weight excluding hydrogens is 782 g/mol. The van der Waals surface area contributed by atoms with E-state index in [4.69, 9.17) is 9.47 Å². The van der Waals surface area contributed by atoms with Gasteiger partial charge >= 0.3 is 12.1 Å². The van der Waals surface area contributed by atoms with Crippen LogP contribution >= 0.6 is 45.2 Å². The molecule has 2 fully saturated rings. The van der Waals surface area contributed by atoms with Crippen LogP contribution in [-0.4, -0.2) is 77.5 Å². The third-order valence-corrected chi connectivity index (χ3v) is 8.46. The number of carbonyl (C=O) groups is 5. The Hall–Kier alpha value is -2.95. The number of halogens is 2. The number of methoxy groups -OCH3 is 1. The van der Waals surface area contributed by atoms with Crippen molar-refractivity contribution in [3.05, 3.63) is 54.7 Å². The first-order valence-electron chi connectivity index (χ1n) is 13.9. The van der Waals surface area contributed by atoms with Crippen LogP contribution in [0.4, 0.5) is 16.2 Å². The summed E-state index contributed by atoms with van der Waals surface area (Å²) in [6.45, 7) is 6.05. The van der Waals surface area contributed by atoms with Crippen molar-refractivity contribution in [2.24, 2.45) is 0 Å². The molecule has 4 rings (SSSR count).